The number of aryl methyl sites for hydroxylation is 1. The molecule has 8 heteroatoms. The lowest BCUT2D eigenvalue weighted by Gasteiger charge is -2.19. The van der Waals surface area contributed by atoms with E-state index in [1.807, 2.05) is 29.9 Å². The van der Waals surface area contributed by atoms with Crippen LogP contribution in [0.4, 0.5) is 5.69 Å². The molecule has 0 radical (unpaired) electrons. The summed E-state index contributed by atoms with van der Waals surface area (Å²) in [5, 5.41) is 5.66. The Labute approximate surface area is 150 Å². The van der Waals surface area contributed by atoms with Gasteiger partial charge in [0.1, 0.15) is 17.6 Å². The van der Waals surface area contributed by atoms with E-state index < -0.39 is 6.04 Å². The molecule has 0 fully saturated rings. The third-order valence-electron chi connectivity index (χ3n) is 3.75. The van der Waals surface area contributed by atoms with Crippen molar-refractivity contribution in [3.05, 3.63) is 72.3 Å². The topological polar surface area (TPSA) is 102 Å². The predicted octanol–water partition coefficient (Wildman–Crippen LogP) is 1.69. The number of hydrogen-bond donors (Lipinski definition) is 2. The Morgan fingerprint density at radius 1 is 1.08 bits per heavy atom. The summed E-state index contributed by atoms with van der Waals surface area (Å²) < 4.78 is 1.84. The number of rotatable bonds is 5. The van der Waals surface area contributed by atoms with Gasteiger partial charge >= 0.3 is 0 Å². The number of benzene rings is 1. The van der Waals surface area contributed by atoms with Crippen molar-refractivity contribution >= 4 is 17.5 Å². The minimum atomic E-state index is -0.476. The van der Waals surface area contributed by atoms with Gasteiger partial charge in [-0.25, -0.2) is 9.97 Å². The molecule has 0 bridgehead atoms. The Kier molecular flexibility index (Phi) is 5.02. The molecule has 0 saturated carbocycles. The first-order chi connectivity index (χ1) is 12.5. The third kappa shape index (κ3) is 3.92. The van der Waals surface area contributed by atoms with Crippen molar-refractivity contribution in [2.75, 3.05) is 5.32 Å². The van der Waals surface area contributed by atoms with Crippen LogP contribution in [-0.2, 0) is 11.8 Å². The van der Waals surface area contributed by atoms with E-state index in [1.54, 1.807) is 18.3 Å². The quantitative estimate of drug-likeness (QED) is 0.729. The van der Waals surface area contributed by atoms with Crippen molar-refractivity contribution in [1.82, 2.24) is 24.8 Å². The van der Waals surface area contributed by atoms with Gasteiger partial charge in [-0.15, -0.1) is 0 Å². The zero-order valence-electron chi connectivity index (χ0n) is 14.4. The summed E-state index contributed by atoms with van der Waals surface area (Å²) in [5.74, 6) is 0.181. The van der Waals surface area contributed by atoms with E-state index in [-0.39, 0.29) is 17.5 Å². The van der Waals surface area contributed by atoms with Crippen molar-refractivity contribution in [1.29, 1.82) is 0 Å². The Morgan fingerprint density at radius 3 is 2.42 bits per heavy atom. The first-order valence-corrected chi connectivity index (χ1v) is 7.96. The highest BCUT2D eigenvalue weighted by Crippen LogP contribution is 2.22. The summed E-state index contributed by atoms with van der Waals surface area (Å²) in [6.07, 6.45) is 7.86. The summed E-state index contributed by atoms with van der Waals surface area (Å²) in [4.78, 5) is 36.0. The van der Waals surface area contributed by atoms with Gasteiger partial charge in [-0.3, -0.25) is 14.6 Å². The SMILES string of the molecule is CC(=O)Nc1ccc(C(NC(=O)c2cnccn2)c2nccn2C)cc1. The molecule has 1 atom stereocenters. The van der Waals surface area contributed by atoms with Crippen LogP contribution in [0.5, 0.6) is 0 Å². The lowest BCUT2D eigenvalue weighted by atomic mass is 10.1. The Morgan fingerprint density at radius 2 is 1.85 bits per heavy atom. The molecule has 2 heterocycles. The summed E-state index contributed by atoms with van der Waals surface area (Å²) in [5.41, 5.74) is 1.73. The van der Waals surface area contributed by atoms with E-state index in [9.17, 15) is 9.59 Å². The zero-order valence-corrected chi connectivity index (χ0v) is 14.4. The molecule has 3 aromatic rings. The molecule has 0 aliphatic heterocycles. The lowest BCUT2D eigenvalue weighted by molar-refractivity contribution is -0.114. The van der Waals surface area contributed by atoms with Crippen LogP contribution < -0.4 is 10.6 Å². The molecular weight excluding hydrogens is 332 g/mol. The molecule has 1 unspecified atom stereocenters. The van der Waals surface area contributed by atoms with E-state index in [4.69, 9.17) is 0 Å². The normalized spacial score (nSPS) is 11.6. The van der Waals surface area contributed by atoms with Crippen molar-refractivity contribution in [2.24, 2.45) is 7.05 Å². The second-order valence-corrected chi connectivity index (χ2v) is 5.70. The van der Waals surface area contributed by atoms with Gasteiger partial charge in [0.15, 0.2) is 0 Å². The monoisotopic (exact) mass is 350 g/mol. The zero-order chi connectivity index (χ0) is 18.5. The average molecular weight is 350 g/mol. The first-order valence-electron chi connectivity index (χ1n) is 7.96. The van der Waals surface area contributed by atoms with Crippen LogP contribution in [0.15, 0.2) is 55.2 Å². The maximum absolute atomic E-state index is 12.5. The van der Waals surface area contributed by atoms with Crippen LogP contribution in [0.25, 0.3) is 0 Å². The van der Waals surface area contributed by atoms with Crippen molar-refractivity contribution in [3.8, 4) is 0 Å². The summed E-state index contributed by atoms with van der Waals surface area (Å²) >= 11 is 0. The fraction of sp³-hybridized carbons (Fsp3) is 0.167. The van der Waals surface area contributed by atoms with Crippen LogP contribution in [0.3, 0.4) is 0 Å². The minimum Gasteiger partial charge on any atom is -0.337 e. The Hall–Kier alpha value is -3.55. The predicted molar refractivity (Wildman–Crippen MR) is 95.3 cm³/mol. The molecule has 0 spiro atoms. The molecule has 132 valence electrons. The third-order valence-corrected chi connectivity index (χ3v) is 3.75. The number of nitrogens with one attached hydrogen (secondary N) is 2. The number of imidazole rings is 1. The molecule has 2 aromatic heterocycles. The smallest absolute Gasteiger partial charge is 0.272 e. The molecule has 8 nitrogen and oxygen atoms in total. The molecule has 0 saturated heterocycles. The highest BCUT2D eigenvalue weighted by atomic mass is 16.2. The first kappa shape index (κ1) is 17.3. The maximum Gasteiger partial charge on any atom is 0.272 e. The second kappa shape index (κ2) is 7.56. The molecule has 26 heavy (non-hydrogen) atoms. The Bertz CT molecular complexity index is 905. The van der Waals surface area contributed by atoms with Gasteiger partial charge in [0.2, 0.25) is 5.91 Å². The minimum absolute atomic E-state index is 0.144. The maximum atomic E-state index is 12.5. The van der Waals surface area contributed by atoms with E-state index in [0.29, 0.717) is 11.5 Å². The van der Waals surface area contributed by atoms with Gasteiger partial charge in [0.25, 0.3) is 5.91 Å². The fourth-order valence-electron chi connectivity index (χ4n) is 2.54. The number of hydrogen-bond acceptors (Lipinski definition) is 5. The van der Waals surface area contributed by atoms with E-state index in [1.165, 1.54) is 25.5 Å². The van der Waals surface area contributed by atoms with Crippen LogP contribution in [0, 0.1) is 0 Å². The van der Waals surface area contributed by atoms with Gasteiger partial charge in [0, 0.05) is 44.4 Å². The van der Waals surface area contributed by atoms with Gasteiger partial charge in [-0.1, -0.05) is 12.1 Å². The fourth-order valence-corrected chi connectivity index (χ4v) is 2.54. The number of nitrogens with zero attached hydrogens (tertiary/aromatic N) is 4. The molecular formula is C18H18N6O2. The lowest BCUT2D eigenvalue weighted by Crippen LogP contribution is -2.31. The van der Waals surface area contributed by atoms with Gasteiger partial charge in [-0.2, -0.15) is 0 Å². The van der Waals surface area contributed by atoms with E-state index in [2.05, 4.69) is 25.6 Å². The summed E-state index contributed by atoms with van der Waals surface area (Å²) in [7, 11) is 1.86. The molecule has 0 aliphatic carbocycles. The highest BCUT2D eigenvalue weighted by Gasteiger charge is 2.22. The summed E-state index contributed by atoms with van der Waals surface area (Å²) in [6.45, 7) is 1.45. The van der Waals surface area contributed by atoms with Crippen LogP contribution >= 0.6 is 0 Å². The summed E-state index contributed by atoms with van der Waals surface area (Å²) in [6, 6.07) is 6.75. The van der Waals surface area contributed by atoms with Gasteiger partial charge in [-0.05, 0) is 17.7 Å². The van der Waals surface area contributed by atoms with Gasteiger partial charge < -0.3 is 15.2 Å². The van der Waals surface area contributed by atoms with Crippen molar-refractivity contribution in [2.45, 2.75) is 13.0 Å². The van der Waals surface area contributed by atoms with E-state index in [0.717, 1.165) is 5.56 Å². The van der Waals surface area contributed by atoms with Crippen molar-refractivity contribution in [3.63, 3.8) is 0 Å². The number of carbonyl (C=O) groups is 2. The van der Waals surface area contributed by atoms with Crippen molar-refractivity contribution < 1.29 is 9.59 Å². The van der Waals surface area contributed by atoms with Crippen LogP contribution in [-0.4, -0.2) is 31.3 Å². The van der Waals surface area contributed by atoms with Crippen LogP contribution in [0.2, 0.25) is 0 Å². The largest absolute Gasteiger partial charge is 0.337 e. The molecule has 2 N–H and O–H groups in total. The number of carbonyl (C=O) groups excluding carboxylic acids is 2. The molecule has 0 aliphatic rings. The molecule has 3 rings (SSSR count). The Balaban J connectivity index is 1.90. The molecule has 1 aromatic carbocycles. The number of aromatic nitrogens is 4. The standard InChI is InChI=1S/C18H18N6O2/c1-12(25)22-14-5-3-13(4-6-14)16(17-21-9-10-24(17)2)23-18(26)15-11-19-7-8-20-15/h3-11,16H,1-2H3,(H,22,25)(H,23,26). The second-order valence-electron chi connectivity index (χ2n) is 5.70. The number of amides is 2. The van der Waals surface area contributed by atoms with Gasteiger partial charge in [0.05, 0.1) is 6.20 Å². The average Bonchev–Trinajstić information content (AvgIpc) is 3.06. The number of anilines is 1. The highest BCUT2D eigenvalue weighted by molar-refractivity contribution is 5.92. The molecule has 2 amide bonds. The van der Waals surface area contributed by atoms with E-state index >= 15 is 0 Å². The van der Waals surface area contributed by atoms with Crippen LogP contribution in [0.1, 0.15) is 34.8 Å².